The largest absolute Gasteiger partial charge is 0.214 e. The van der Waals surface area contributed by atoms with Crippen LogP contribution in [0.2, 0.25) is 0 Å². The second kappa shape index (κ2) is 6.06. The molecule has 1 heterocycles. The van der Waals surface area contributed by atoms with E-state index in [1.54, 1.807) is 4.31 Å². The van der Waals surface area contributed by atoms with Crippen LogP contribution in [0.25, 0.3) is 0 Å². The Morgan fingerprint density at radius 3 is 2.80 bits per heavy atom. The van der Waals surface area contributed by atoms with Crippen LogP contribution < -0.4 is 0 Å². The number of rotatable bonds is 6. The zero-order chi connectivity index (χ0) is 11.3. The molecule has 3 nitrogen and oxygen atoms in total. The molecule has 0 amide bonds. The number of hydrogen-bond acceptors (Lipinski definition) is 2. The molecule has 0 spiro atoms. The fourth-order valence-corrected chi connectivity index (χ4v) is 4.13. The summed E-state index contributed by atoms with van der Waals surface area (Å²) in [6.45, 7) is 2.61. The van der Waals surface area contributed by atoms with Crippen LogP contribution >= 0.6 is 11.6 Å². The molecule has 1 aliphatic heterocycles. The molecule has 1 atom stereocenters. The van der Waals surface area contributed by atoms with Crippen LogP contribution in [0, 0.1) is 0 Å². The van der Waals surface area contributed by atoms with Crippen molar-refractivity contribution in [2.45, 2.75) is 45.1 Å². The van der Waals surface area contributed by atoms with Crippen LogP contribution in [0.3, 0.4) is 0 Å². The highest BCUT2D eigenvalue weighted by molar-refractivity contribution is 7.89. The Morgan fingerprint density at radius 1 is 1.47 bits per heavy atom. The van der Waals surface area contributed by atoms with Crippen LogP contribution in [-0.4, -0.2) is 36.9 Å². The van der Waals surface area contributed by atoms with Gasteiger partial charge in [-0.25, -0.2) is 8.42 Å². The molecular weight excluding hydrogens is 234 g/mol. The normalized spacial score (nSPS) is 23.5. The minimum Gasteiger partial charge on any atom is -0.212 e. The van der Waals surface area contributed by atoms with E-state index >= 15 is 0 Å². The minimum atomic E-state index is -3.00. The van der Waals surface area contributed by atoms with E-state index in [0.717, 1.165) is 25.7 Å². The van der Waals surface area contributed by atoms with Gasteiger partial charge >= 0.3 is 0 Å². The van der Waals surface area contributed by atoms with E-state index in [-0.39, 0.29) is 11.8 Å². The molecule has 1 fully saturated rings. The van der Waals surface area contributed by atoms with Crippen LogP contribution in [0.5, 0.6) is 0 Å². The van der Waals surface area contributed by atoms with Crippen molar-refractivity contribution in [3.05, 3.63) is 0 Å². The van der Waals surface area contributed by atoms with Gasteiger partial charge in [0.1, 0.15) is 0 Å². The Morgan fingerprint density at radius 2 is 2.20 bits per heavy atom. The van der Waals surface area contributed by atoms with E-state index in [1.807, 2.05) is 6.92 Å². The summed E-state index contributed by atoms with van der Waals surface area (Å²) in [6, 6.07) is 0.209. The second-order valence-electron chi connectivity index (χ2n) is 4.05. The average molecular weight is 254 g/mol. The van der Waals surface area contributed by atoms with Gasteiger partial charge in [0.25, 0.3) is 0 Å². The highest BCUT2D eigenvalue weighted by Crippen LogP contribution is 2.25. The Hall–Kier alpha value is 0.200. The van der Waals surface area contributed by atoms with Gasteiger partial charge in [-0.2, -0.15) is 4.31 Å². The van der Waals surface area contributed by atoms with E-state index in [2.05, 4.69) is 0 Å². The first kappa shape index (κ1) is 13.3. The summed E-state index contributed by atoms with van der Waals surface area (Å²) in [7, 11) is -3.00. The quantitative estimate of drug-likeness (QED) is 0.681. The van der Waals surface area contributed by atoms with Gasteiger partial charge in [0.05, 0.1) is 5.75 Å². The predicted molar refractivity (Wildman–Crippen MR) is 63.8 cm³/mol. The third kappa shape index (κ3) is 3.61. The molecule has 0 radical (unpaired) electrons. The maximum atomic E-state index is 11.9. The van der Waals surface area contributed by atoms with E-state index in [4.69, 9.17) is 11.6 Å². The van der Waals surface area contributed by atoms with E-state index in [0.29, 0.717) is 18.8 Å². The zero-order valence-electron chi connectivity index (χ0n) is 9.28. The van der Waals surface area contributed by atoms with Gasteiger partial charge in [0.2, 0.25) is 10.0 Å². The van der Waals surface area contributed by atoms with Crippen LogP contribution in [-0.2, 0) is 10.0 Å². The third-order valence-corrected chi connectivity index (χ3v) is 5.20. The van der Waals surface area contributed by atoms with Gasteiger partial charge in [-0.15, -0.1) is 11.6 Å². The maximum Gasteiger partial charge on any atom is 0.214 e. The minimum absolute atomic E-state index is 0.209. The van der Waals surface area contributed by atoms with E-state index in [1.165, 1.54) is 0 Å². The summed E-state index contributed by atoms with van der Waals surface area (Å²) in [4.78, 5) is 0. The zero-order valence-corrected chi connectivity index (χ0v) is 10.9. The molecule has 0 aromatic heterocycles. The van der Waals surface area contributed by atoms with E-state index < -0.39 is 10.0 Å². The molecule has 1 saturated heterocycles. The van der Waals surface area contributed by atoms with E-state index in [9.17, 15) is 8.42 Å². The molecule has 0 aliphatic carbocycles. The SMILES string of the molecule is CCCS(=O)(=O)N1CCCC1CCCCl. The van der Waals surface area contributed by atoms with Gasteiger partial charge in [-0.1, -0.05) is 6.92 Å². The van der Waals surface area contributed by atoms with Crippen molar-refractivity contribution in [2.75, 3.05) is 18.2 Å². The highest BCUT2D eigenvalue weighted by Gasteiger charge is 2.32. The summed E-state index contributed by atoms with van der Waals surface area (Å²) >= 11 is 5.64. The van der Waals surface area contributed by atoms with Crippen LogP contribution in [0.1, 0.15) is 39.0 Å². The smallest absolute Gasteiger partial charge is 0.212 e. The number of halogens is 1. The van der Waals surface area contributed by atoms with Crippen molar-refractivity contribution in [3.63, 3.8) is 0 Å². The Balaban J connectivity index is 2.59. The maximum absolute atomic E-state index is 11.9. The summed E-state index contributed by atoms with van der Waals surface area (Å²) in [6.07, 6.45) is 4.51. The van der Waals surface area contributed by atoms with Gasteiger partial charge < -0.3 is 0 Å². The monoisotopic (exact) mass is 253 g/mol. The van der Waals surface area contributed by atoms with Crippen LogP contribution in [0.15, 0.2) is 0 Å². The van der Waals surface area contributed by atoms with Gasteiger partial charge in [-0.05, 0) is 32.1 Å². The molecule has 90 valence electrons. The lowest BCUT2D eigenvalue weighted by atomic mass is 10.1. The molecule has 0 saturated carbocycles. The first-order chi connectivity index (χ1) is 7.11. The molecule has 1 rings (SSSR count). The Labute approximate surface area is 97.8 Å². The lowest BCUT2D eigenvalue weighted by molar-refractivity contribution is 0.368. The average Bonchev–Trinajstić information content (AvgIpc) is 2.63. The van der Waals surface area contributed by atoms with Gasteiger partial charge in [0, 0.05) is 18.5 Å². The molecule has 5 heteroatoms. The predicted octanol–water partition coefficient (Wildman–Crippen LogP) is 2.21. The van der Waals surface area contributed by atoms with Crippen molar-refractivity contribution in [2.24, 2.45) is 0 Å². The summed E-state index contributed by atoms with van der Waals surface area (Å²) in [5.74, 6) is 0.905. The second-order valence-corrected chi connectivity index (χ2v) is 6.47. The Bertz CT molecular complexity index is 279. The van der Waals surface area contributed by atoms with Crippen molar-refractivity contribution >= 4 is 21.6 Å². The Kier molecular flexibility index (Phi) is 5.36. The molecule has 1 aliphatic rings. The summed E-state index contributed by atoms with van der Waals surface area (Å²) in [5.41, 5.74) is 0. The number of hydrogen-bond donors (Lipinski definition) is 0. The molecule has 0 aromatic rings. The first-order valence-corrected chi connectivity index (χ1v) is 7.81. The fourth-order valence-electron chi connectivity index (χ4n) is 2.15. The molecule has 0 bridgehead atoms. The van der Waals surface area contributed by atoms with Crippen molar-refractivity contribution in [3.8, 4) is 0 Å². The first-order valence-electron chi connectivity index (χ1n) is 5.67. The standard InChI is InChI=1S/C10H20ClNO2S/c1-2-9-15(13,14)12-8-4-6-10(12)5-3-7-11/h10H,2-9H2,1H3. The molecular formula is C10H20ClNO2S. The molecule has 0 N–H and O–H groups in total. The topological polar surface area (TPSA) is 37.4 Å². The number of nitrogens with zero attached hydrogens (tertiary/aromatic N) is 1. The van der Waals surface area contributed by atoms with Crippen molar-refractivity contribution in [1.29, 1.82) is 0 Å². The summed E-state index contributed by atoms with van der Waals surface area (Å²) in [5, 5.41) is 0. The number of sulfonamides is 1. The van der Waals surface area contributed by atoms with Gasteiger partial charge in [-0.3, -0.25) is 0 Å². The molecule has 0 aromatic carbocycles. The van der Waals surface area contributed by atoms with Crippen molar-refractivity contribution < 1.29 is 8.42 Å². The van der Waals surface area contributed by atoms with Crippen LogP contribution in [0.4, 0.5) is 0 Å². The number of alkyl halides is 1. The van der Waals surface area contributed by atoms with Gasteiger partial charge in [0.15, 0.2) is 0 Å². The fraction of sp³-hybridized carbons (Fsp3) is 1.00. The third-order valence-electron chi connectivity index (χ3n) is 2.81. The lowest BCUT2D eigenvalue weighted by Gasteiger charge is -2.23. The molecule has 1 unspecified atom stereocenters. The highest BCUT2D eigenvalue weighted by atomic mass is 35.5. The van der Waals surface area contributed by atoms with Crippen molar-refractivity contribution in [1.82, 2.24) is 4.31 Å². The molecule has 15 heavy (non-hydrogen) atoms. The summed E-state index contributed by atoms with van der Waals surface area (Å²) < 4.78 is 25.5. The lowest BCUT2D eigenvalue weighted by Crippen LogP contribution is -2.37.